The number of carbonyl (C=O) groups excluding carboxylic acids is 1. The van der Waals surface area contributed by atoms with Gasteiger partial charge in [-0.3, -0.25) is 14.7 Å². The average molecular weight is 409 g/mol. The third-order valence-corrected chi connectivity index (χ3v) is 7.69. The van der Waals surface area contributed by atoms with Crippen LogP contribution < -0.4 is 0 Å². The Hall–Kier alpha value is -1.68. The number of fused-ring (bicyclic) bond motifs is 1. The fourth-order valence-corrected chi connectivity index (χ4v) is 6.30. The lowest BCUT2D eigenvalue weighted by Gasteiger charge is -2.40. The molecule has 0 radical (unpaired) electrons. The van der Waals surface area contributed by atoms with Crippen molar-refractivity contribution in [2.45, 2.75) is 95.9 Å². The monoisotopic (exact) mass is 408 g/mol. The molecule has 156 valence electrons. The fourth-order valence-electron chi connectivity index (χ4n) is 5.15. The van der Waals surface area contributed by atoms with Gasteiger partial charge in [0.2, 0.25) is 0 Å². The number of rotatable bonds is 3. The molecule has 4 heteroatoms. The summed E-state index contributed by atoms with van der Waals surface area (Å²) in [6.07, 6.45) is 12.1. The van der Waals surface area contributed by atoms with E-state index in [1.54, 1.807) is 0 Å². The molecule has 0 aromatic heterocycles. The van der Waals surface area contributed by atoms with Crippen LogP contribution in [0.15, 0.2) is 35.0 Å². The molecule has 1 heterocycles. The summed E-state index contributed by atoms with van der Waals surface area (Å²) in [5.41, 5.74) is 5.68. The summed E-state index contributed by atoms with van der Waals surface area (Å²) in [6.45, 7) is 7.13. The van der Waals surface area contributed by atoms with Gasteiger partial charge in [-0.2, -0.15) is 0 Å². The lowest BCUT2D eigenvalue weighted by molar-refractivity contribution is 0.0773. The Morgan fingerprint density at radius 1 is 0.897 bits per heavy atom. The molecule has 0 saturated heterocycles. The molecule has 0 N–H and O–H groups in total. The molecule has 1 aromatic rings. The molecule has 0 spiro atoms. The van der Waals surface area contributed by atoms with Crippen molar-refractivity contribution in [1.29, 1.82) is 0 Å². The van der Waals surface area contributed by atoms with Crippen LogP contribution >= 0.6 is 0 Å². The minimum atomic E-state index is -1.50. The zero-order valence-corrected chi connectivity index (χ0v) is 19.4. The van der Waals surface area contributed by atoms with Gasteiger partial charge in [0.1, 0.15) is 5.84 Å². The van der Waals surface area contributed by atoms with E-state index in [-0.39, 0.29) is 5.91 Å². The number of hydrogen-bond donors (Lipinski definition) is 0. The predicted molar refractivity (Wildman–Crippen MR) is 125 cm³/mol. The van der Waals surface area contributed by atoms with Crippen LogP contribution in [0.2, 0.25) is 19.6 Å². The third kappa shape index (κ3) is 4.58. The largest absolute Gasteiger partial charge is 0.289 e. The summed E-state index contributed by atoms with van der Waals surface area (Å²) in [4.78, 5) is 21.2. The molecule has 1 aliphatic heterocycles. The Morgan fingerprint density at radius 2 is 1.48 bits per heavy atom. The zero-order valence-electron chi connectivity index (χ0n) is 18.4. The summed E-state index contributed by atoms with van der Waals surface area (Å²) in [6, 6.07) is 8.89. The SMILES string of the molecule is C[Si](C)(C)/C=C1/C(=NC2CCCCC2)N(C2CCCCC2)C(=O)c2ccccc21. The van der Waals surface area contributed by atoms with Crippen LogP contribution in [0.25, 0.3) is 5.57 Å². The first-order valence-corrected chi connectivity index (χ1v) is 15.3. The number of aliphatic imine (C=N–C) groups is 1. The molecule has 0 bridgehead atoms. The van der Waals surface area contributed by atoms with Crippen LogP contribution in [-0.4, -0.2) is 36.8 Å². The van der Waals surface area contributed by atoms with Crippen molar-refractivity contribution in [3.05, 3.63) is 41.1 Å². The van der Waals surface area contributed by atoms with E-state index < -0.39 is 8.07 Å². The first-order valence-electron chi connectivity index (χ1n) is 11.7. The summed E-state index contributed by atoms with van der Waals surface area (Å²) in [5, 5.41) is 0. The molecule has 0 atom stereocenters. The van der Waals surface area contributed by atoms with Crippen molar-refractivity contribution in [3.63, 3.8) is 0 Å². The smallest absolute Gasteiger partial charge is 0.260 e. The minimum Gasteiger partial charge on any atom is -0.289 e. The van der Waals surface area contributed by atoms with Gasteiger partial charge in [0.25, 0.3) is 5.91 Å². The second-order valence-corrected chi connectivity index (χ2v) is 15.2. The first kappa shape index (κ1) is 20.6. The number of hydrogen-bond acceptors (Lipinski definition) is 2. The lowest BCUT2D eigenvalue weighted by atomic mass is 9.88. The highest BCUT2D eigenvalue weighted by Crippen LogP contribution is 2.36. The highest BCUT2D eigenvalue weighted by Gasteiger charge is 2.38. The van der Waals surface area contributed by atoms with Crippen LogP contribution in [-0.2, 0) is 0 Å². The van der Waals surface area contributed by atoms with E-state index in [1.165, 1.54) is 44.1 Å². The maximum absolute atomic E-state index is 13.7. The van der Waals surface area contributed by atoms with Crippen LogP contribution in [0.4, 0.5) is 0 Å². The van der Waals surface area contributed by atoms with Gasteiger partial charge in [-0.1, -0.05) is 82.1 Å². The molecular formula is C25H36N2OSi. The Balaban J connectivity index is 1.87. The van der Waals surface area contributed by atoms with Gasteiger partial charge < -0.3 is 0 Å². The van der Waals surface area contributed by atoms with Gasteiger partial charge in [-0.15, -0.1) is 0 Å². The normalized spacial score (nSPS) is 24.9. The second kappa shape index (κ2) is 8.59. The summed E-state index contributed by atoms with van der Waals surface area (Å²) in [5.74, 6) is 1.17. The molecule has 2 aliphatic carbocycles. The number of amidine groups is 1. The van der Waals surface area contributed by atoms with Crippen LogP contribution in [0.3, 0.4) is 0 Å². The lowest BCUT2D eigenvalue weighted by Crippen LogP contribution is -2.49. The van der Waals surface area contributed by atoms with E-state index in [9.17, 15) is 4.79 Å². The van der Waals surface area contributed by atoms with Gasteiger partial charge in [-0.05, 0) is 37.3 Å². The highest BCUT2D eigenvalue weighted by atomic mass is 28.3. The van der Waals surface area contributed by atoms with Crippen molar-refractivity contribution in [3.8, 4) is 0 Å². The molecule has 3 nitrogen and oxygen atoms in total. The summed E-state index contributed by atoms with van der Waals surface area (Å²) < 4.78 is 0. The molecule has 2 fully saturated rings. The maximum atomic E-state index is 13.7. The quantitative estimate of drug-likeness (QED) is 0.528. The van der Waals surface area contributed by atoms with Crippen molar-refractivity contribution in [2.75, 3.05) is 0 Å². The average Bonchev–Trinajstić information content (AvgIpc) is 2.72. The Kier molecular flexibility index (Phi) is 6.10. The molecule has 1 amide bonds. The molecule has 3 aliphatic rings. The number of carbonyl (C=O) groups is 1. The minimum absolute atomic E-state index is 0.176. The van der Waals surface area contributed by atoms with Crippen molar-refractivity contribution < 1.29 is 4.79 Å². The highest BCUT2D eigenvalue weighted by molar-refractivity contribution is 6.82. The standard InChI is InChI=1S/C25H36N2OSi/c1-29(2,3)18-23-21-16-10-11-17-22(21)25(28)27(20-14-8-5-9-15-20)24(23)26-19-12-6-4-7-13-19/h10-11,16-20H,4-9,12-15H2,1-3H3/b23-18+,26-24?. The fraction of sp³-hybridized carbons (Fsp3) is 0.600. The number of amides is 1. The van der Waals surface area contributed by atoms with Crippen molar-refractivity contribution in [2.24, 2.45) is 4.99 Å². The number of benzene rings is 1. The van der Waals surface area contributed by atoms with Gasteiger partial charge in [0, 0.05) is 17.2 Å². The Labute approximate surface area is 177 Å². The summed E-state index contributed by atoms with van der Waals surface area (Å²) >= 11 is 0. The zero-order chi connectivity index (χ0) is 20.4. The maximum Gasteiger partial charge on any atom is 0.260 e. The first-order chi connectivity index (χ1) is 13.9. The van der Waals surface area contributed by atoms with E-state index in [0.29, 0.717) is 12.1 Å². The van der Waals surface area contributed by atoms with Crippen molar-refractivity contribution in [1.82, 2.24) is 4.90 Å². The Bertz CT molecular complexity index is 808. The molecule has 4 rings (SSSR count). The molecule has 0 unspecified atom stereocenters. The van der Waals surface area contributed by atoms with Crippen LogP contribution in [0, 0.1) is 0 Å². The van der Waals surface area contributed by atoms with E-state index in [4.69, 9.17) is 4.99 Å². The second-order valence-electron chi connectivity index (χ2n) is 10.2. The number of nitrogens with zero attached hydrogens (tertiary/aromatic N) is 2. The molecule has 1 aromatic carbocycles. The van der Waals surface area contributed by atoms with Crippen LogP contribution in [0.1, 0.15) is 80.1 Å². The predicted octanol–water partition coefficient (Wildman–Crippen LogP) is 6.47. The van der Waals surface area contributed by atoms with Crippen molar-refractivity contribution >= 4 is 25.4 Å². The summed E-state index contributed by atoms with van der Waals surface area (Å²) in [7, 11) is -1.50. The Morgan fingerprint density at radius 3 is 2.10 bits per heavy atom. The topological polar surface area (TPSA) is 32.7 Å². The third-order valence-electron chi connectivity index (χ3n) is 6.53. The van der Waals surface area contributed by atoms with E-state index in [0.717, 1.165) is 42.6 Å². The molecular weight excluding hydrogens is 372 g/mol. The molecule has 29 heavy (non-hydrogen) atoms. The van der Waals surface area contributed by atoms with E-state index in [2.05, 4.69) is 42.4 Å². The van der Waals surface area contributed by atoms with Gasteiger partial charge in [0.05, 0.1) is 14.1 Å². The van der Waals surface area contributed by atoms with Gasteiger partial charge in [0.15, 0.2) is 0 Å². The van der Waals surface area contributed by atoms with Gasteiger partial charge >= 0.3 is 0 Å². The van der Waals surface area contributed by atoms with E-state index >= 15 is 0 Å². The van der Waals surface area contributed by atoms with Gasteiger partial charge in [-0.25, -0.2) is 0 Å². The van der Waals surface area contributed by atoms with Crippen LogP contribution in [0.5, 0.6) is 0 Å². The molecule has 2 saturated carbocycles. The van der Waals surface area contributed by atoms with E-state index in [1.807, 2.05) is 12.1 Å².